The van der Waals surface area contributed by atoms with E-state index in [0.717, 1.165) is 46.9 Å². The molecule has 6 rings (SSSR count). The first-order valence-electron chi connectivity index (χ1n) is 10.3. The molecule has 7 heteroatoms. The van der Waals surface area contributed by atoms with Gasteiger partial charge in [0.2, 0.25) is 12.7 Å². The summed E-state index contributed by atoms with van der Waals surface area (Å²) in [6, 6.07) is 14.3. The van der Waals surface area contributed by atoms with Crippen molar-refractivity contribution in [1.29, 1.82) is 0 Å². The first-order valence-corrected chi connectivity index (χ1v) is 10.3. The number of amides is 1. The molecular formula is C23H23N3O4. The van der Waals surface area contributed by atoms with Gasteiger partial charge < -0.3 is 24.5 Å². The lowest BCUT2D eigenvalue weighted by molar-refractivity contribution is -0.165. The molecule has 1 saturated heterocycles. The maximum absolute atomic E-state index is 11.8. The largest absolute Gasteiger partial charge is 0.470 e. The van der Waals surface area contributed by atoms with Crippen LogP contribution in [0.3, 0.4) is 0 Å². The van der Waals surface area contributed by atoms with E-state index in [1.165, 1.54) is 0 Å². The number of piperidine rings is 1. The number of ether oxygens (including phenoxy) is 3. The van der Waals surface area contributed by atoms with Crippen LogP contribution in [0.5, 0.6) is 17.2 Å². The van der Waals surface area contributed by atoms with Crippen molar-refractivity contribution in [3.05, 3.63) is 59.7 Å². The number of rotatable bonds is 1. The SMILES string of the molecule is CC(=O)N1CCC2(CC1)Oc1ccccc1[C@@H]1C=C(c3ccc4c(c3)OCO4)NN12. The fourth-order valence-electron chi connectivity index (χ4n) is 4.86. The molecular weight excluding hydrogens is 382 g/mol. The number of carbonyl (C=O) groups excluding carboxylic acids is 1. The number of fused-ring (bicyclic) bond motifs is 5. The maximum atomic E-state index is 11.8. The summed E-state index contributed by atoms with van der Waals surface area (Å²) in [6.45, 7) is 3.26. The van der Waals surface area contributed by atoms with E-state index in [9.17, 15) is 4.79 Å². The zero-order chi connectivity index (χ0) is 20.3. The van der Waals surface area contributed by atoms with Crippen molar-refractivity contribution >= 4 is 11.6 Å². The Morgan fingerprint density at radius 2 is 1.87 bits per heavy atom. The van der Waals surface area contributed by atoms with Crippen LogP contribution in [-0.2, 0) is 4.79 Å². The van der Waals surface area contributed by atoms with E-state index < -0.39 is 5.72 Å². The highest BCUT2D eigenvalue weighted by Crippen LogP contribution is 2.48. The van der Waals surface area contributed by atoms with Gasteiger partial charge in [0, 0.05) is 44.0 Å². The number of carbonyl (C=O) groups is 1. The van der Waals surface area contributed by atoms with E-state index in [1.54, 1.807) is 6.92 Å². The number of benzene rings is 2. The molecule has 30 heavy (non-hydrogen) atoms. The van der Waals surface area contributed by atoms with E-state index >= 15 is 0 Å². The molecule has 1 spiro atoms. The summed E-state index contributed by atoms with van der Waals surface area (Å²) in [6.07, 6.45) is 3.73. The van der Waals surface area contributed by atoms with Crippen molar-refractivity contribution in [3.63, 3.8) is 0 Å². The minimum absolute atomic E-state index is 0.0549. The lowest BCUT2D eigenvalue weighted by Crippen LogP contribution is -2.63. The second-order valence-electron chi connectivity index (χ2n) is 8.17. The number of hydrogen-bond acceptors (Lipinski definition) is 6. The summed E-state index contributed by atoms with van der Waals surface area (Å²) in [5.74, 6) is 2.57. The lowest BCUT2D eigenvalue weighted by atomic mass is 9.93. The van der Waals surface area contributed by atoms with Crippen LogP contribution in [0.25, 0.3) is 5.70 Å². The van der Waals surface area contributed by atoms with Crippen LogP contribution >= 0.6 is 0 Å². The molecule has 0 aliphatic carbocycles. The Morgan fingerprint density at radius 3 is 2.70 bits per heavy atom. The second kappa shape index (κ2) is 6.40. The highest BCUT2D eigenvalue weighted by Gasteiger charge is 2.51. The predicted octanol–water partition coefficient (Wildman–Crippen LogP) is 3.05. The van der Waals surface area contributed by atoms with Gasteiger partial charge in [0.1, 0.15) is 5.75 Å². The first kappa shape index (κ1) is 17.7. The lowest BCUT2D eigenvalue weighted by Gasteiger charge is -2.51. The smallest absolute Gasteiger partial charge is 0.231 e. The molecule has 2 aromatic rings. The summed E-state index contributed by atoms with van der Waals surface area (Å²) in [5.41, 5.74) is 6.32. The van der Waals surface area contributed by atoms with E-state index in [2.05, 4.69) is 22.6 Å². The highest BCUT2D eigenvalue weighted by molar-refractivity contribution is 5.73. The summed E-state index contributed by atoms with van der Waals surface area (Å²) >= 11 is 0. The second-order valence-corrected chi connectivity index (χ2v) is 8.17. The molecule has 1 N–H and O–H groups in total. The van der Waals surface area contributed by atoms with Crippen LogP contribution in [0, 0.1) is 0 Å². The monoisotopic (exact) mass is 405 g/mol. The topological polar surface area (TPSA) is 63.3 Å². The van der Waals surface area contributed by atoms with Crippen molar-refractivity contribution in [1.82, 2.24) is 15.3 Å². The number of hydrazine groups is 1. The van der Waals surface area contributed by atoms with Gasteiger partial charge in [-0.05, 0) is 30.3 Å². The van der Waals surface area contributed by atoms with Crippen LogP contribution < -0.4 is 19.6 Å². The molecule has 2 aromatic carbocycles. The molecule has 4 heterocycles. The number of nitrogens with one attached hydrogen (secondary N) is 1. The molecule has 0 aromatic heterocycles. The molecule has 0 bridgehead atoms. The first-order chi connectivity index (χ1) is 14.6. The molecule has 154 valence electrons. The van der Waals surface area contributed by atoms with Crippen molar-refractivity contribution in [3.8, 4) is 17.2 Å². The van der Waals surface area contributed by atoms with Gasteiger partial charge in [-0.15, -0.1) is 0 Å². The zero-order valence-electron chi connectivity index (χ0n) is 16.8. The third kappa shape index (κ3) is 2.58. The van der Waals surface area contributed by atoms with Crippen LogP contribution in [0.15, 0.2) is 48.5 Å². The highest BCUT2D eigenvalue weighted by atomic mass is 16.7. The Bertz CT molecular complexity index is 1060. The fourth-order valence-corrected chi connectivity index (χ4v) is 4.86. The van der Waals surface area contributed by atoms with Gasteiger partial charge in [-0.25, -0.2) is 0 Å². The van der Waals surface area contributed by atoms with Crippen LogP contribution in [0.4, 0.5) is 0 Å². The molecule has 0 saturated carbocycles. The number of nitrogens with zero attached hydrogens (tertiary/aromatic N) is 2. The van der Waals surface area contributed by atoms with E-state index in [1.807, 2.05) is 41.3 Å². The maximum Gasteiger partial charge on any atom is 0.231 e. The minimum atomic E-state index is -0.500. The van der Waals surface area contributed by atoms with Crippen molar-refractivity contribution < 1.29 is 19.0 Å². The van der Waals surface area contributed by atoms with Gasteiger partial charge in [0.25, 0.3) is 0 Å². The Labute approximate surface area is 174 Å². The number of likely N-dealkylation sites (tertiary alicyclic amines) is 1. The molecule has 1 amide bonds. The number of hydrogen-bond donors (Lipinski definition) is 1. The average Bonchev–Trinajstić information content (AvgIpc) is 3.41. The Morgan fingerprint density at radius 1 is 1.07 bits per heavy atom. The van der Waals surface area contributed by atoms with Gasteiger partial charge in [0.05, 0.1) is 11.7 Å². The average molecular weight is 405 g/mol. The molecule has 1 fully saturated rings. The molecule has 4 aliphatic heterocycles. The summed E-state index contributed by atoms with van der Waals surface area (Å²) < 4.78 is 17.6. The van der Waals surface area contributed by atoms with Crippen LogP contribution in [-0.4, -0.2) is 41.4 Å². The molecule has 4 aliphatic rings. The third-order valence-electron chi connectivity index (χ3n) is 6.49. The van der Waals surface area contributed by atoms with E-state index in [4.69, 9.17) is 14.2 Å². The summed E-state index contributed by atoms with van der Waals surface area (Å²) in [7, 11) is 0. The fraction of sp³-hybridized carbons (Fsp3) is 0.348. The van der Waals surface area contributed by atoms with Crippen LogP contribution in [0.1, 0.15) is 36.9 Å². The van der Waals surface area contributed by atoms with Gasteiger partial charge in [-0.2, -0.15) is 5.01 Å². The quantitative estimate of drug-likeness (QED) is 0.787. The Hall–Kier alpha value is -3.19. The molecule has 0 unspecified atom stereocenters. The number of para-hydroxylation sites is 1. The third-order valence-corrected chi connectivity index (χ3v) is 6.49. The van der Waals surface area contributed by atoms with Gasteiger partial charge in [-0.1, -0.05) is 18.2 Å². The minimum Gasteiger partial charge on any atom is -0.470 e. The molecule has 1 atom stereocenters. The van der Waals surface area contributed by atoms with Gasteiger partial charge >= 0.3 is 0 Å². The van der Waals surface area contributed by atoms with Crippen molar-refractivity contribution in [2.75, 3.05) is 19.9 Å². The molecule has 0 radical (unpaired) electrons. The van der Waals surface area contributed by atoms with Gasteiger partial charge in [0.15, 0.2) is 17.2 Å². The standard InChI is InChI=1S/C23H23N3O4/c1-15(27)25-10-8-23(9-11-25)26-19(17-4-2-3-5-20(17)30-23)13-18(24-26)16-6-7-21-22(12-16)29-14-28-21/h2-7,12-13,19,24H,8-11,14H2,1H3/t19-/m0/s1. The normalized spacial score (nSPS) is 23.3. The van der Waals surface area contributed by atoms with E-state index in [0.29, 0.717) is 13.1 Å². The van der Waals surface area contributed by atoms with Crippen LogP contribution in [0.2, 0.25) is 0 Å². The predicted molar refractivity (Wildman–Crippen MR) is 110 cm³/mol. The molecule has 7 nitrogen and oxygen atoms in total. The van der Waals surface area contributed by atoms with Gasteiger partial charge in [-0.3, -0.25) is 4.79 Å². The Balaban J connectivity index is 1.37. The summed E-state index contributed by atoms with van der Waals surface area (Å²) in [4.78, 5) is 13.7. The van der Waals surface area contributed by atoms with E-state index in [-0.39, 0.29) is 18.7 Å². The Kier molecular flexibility index (Phi) is 3.77. The van der Waals surface area contributed by atoms with Crippen molar-refractivity contribution in [2.24, 2.45) is 0 Å². The summed E-state index contributed by atoms with van der Waals surface area (Å²) in [5, 5.41) is 2.23. The van der Waals surface area contributed by atoms with Crippen molar-refractivity contribution in [2.45, 2.75) is 31.5 Å². The zero-order valence-corrected chi connectivity index (χ0v) is 16.8.